The number of rotatable bonds is 8. The van der Waals surface area contributed by atoms with E-state index >= 15 is 0 Å². The van der Waals surface area contributed by atoms with Crippen LogP contribution in [0.5, 0.6) is 5.75 Å². The molecule has 0 atom stereocenters. The highest BCUT2D eigenvalue weighted by Crippen LogP contribution is 2.15. The Morgan fingerprint density at radius 1 is 0.963 bits per heavy atom. The molecular formula is C19H20FN3O4. The fourth-order valence-corrected chi connectivity index (χ4v) is 2.12. The Bertz CT molecular complexity index is 809. The number of halogens is 1. The van der Waals surface area contributed by atoms with E-state index in [1.807, 2.05) is 0 Å². The van der Waals surface area contributed by atoms with Crippen LogP contribution in [0.4, 0.5) is 10.1 Å². The van der Waals surface area contributed by atoms with Crippen molar-refractivity contribution in [3.05, 3.63) is 59.9 Å². The topological polar surface area (TPSA) is 96.5 Å². The third kappa shape index (κ3) is 6.77. The first-order chi connectivity index (χ1) is 13.0. The third-order valence-corrected chi connectivity index (χ3v) is 3.41. The fourth-order valence-electron chi connectivity index (χ4n) is 2.12. The minimum atomic E-state index is -0.542. The molecule has 0 aromatic heterocycles. The van der Waals surface area contributed by atoms with E-state index in [-0.39, 0.29) is 24.2 Å². The molecule has 0 bridgehead atoms. The molecule has 27 heavy (non-hydrogen) atoms. The minimum absolute atomic E-state index is 0.000989. The summed E-state index contributed by atoms with van der Waals surface area (Å²) in [4.78, 5) is 34.6. The van der Waals surface area contributed by atoms with Gasteiger partial charge in [-0.1, -0.05) is 12.1 Å². The number of carbonyl (C=O) groups excluding carboxylic acids is 3. The van der Waals surface area contributed by atoms with Gasteiger partial charge in [0.2, 0.25) is 5.91 Å². The summed E-state index contributed by atoms with van der Waals surface area (Å²) in [5, 5.41) is 7.83. The molecule has 0 unspecified atom stereocenters. The van der Waals surface area contributed by atoms with Crippen molar-refractivity contribution in [3.8, 4) is 5.75 Å². The van der Waals surface area contributed by atoms with Crippen LogP contribution in [-0.4, -0.2) is 37.4 Å². The molecule has 0 aliphatic heterocycles. The first-order valence-corrected chi connectivity index (χ1v) is 8.25. The predicted octanol–water partition coefficient (Wildman–Crippen LogP) is 1.71. The zero-order chi connectivity index (χ0) is 19.6. The van der Waals surface area contributed by atoms with E-state index in [4.69, 9.17) is 4.74 Å². The third-order valence-electron chi connectivity index (χ3n) is 3.41. The number of ether oxygens (including phenoxy) is 1. The van der Waals surface area contributed by atoms with E-state index in [1.165, 1.54) is 25.1 Å². The van der Waals surface area contributed by atoms with E-state index in [0.29, 0.717) is 24.3 Å². The molecule has 2 aromatic carbocycles. The quantitative estimate of drug-likeness (QED) is 0.614. The molecule has 0 spiro atoms. The number of amides is 3. The van der Waals surface area contributed by atoms with Gasteiger partial charge in [0.05, 0.1) is 0 Å². The highest BCUT2D eigenvalue weighted by Gasteiger charge is 2.08. The summed E-state index contributed by atoms with van der Waals surface area (Å²) in [6, 6.07) is 12.1. The lowest BCUT2D eigenvalue weighted by Crippen LogP contribution is -2.33. The van der Waals surface area contributed by atoms with E-state index in [9.17, 15) is 18.8 Å². The van der Waals surface area contributed by atoms with Crippen molar-refractivity contribution in [2.45, 2.75) is 6.92 Å². The van der Waals surface area contributed by atoms with Crippen LogP contribution in [0.2, 0.25) is 0 Å². The standard InChI is InChI=1S/C19H20FN3O4/c1-13(24)21-10-11-22-19(26)14-6-8-15(9-7-14)23-18(25)12-27-17-5-3-2-4-16(17)20/h2-9H,10-12H2,1H3,(H,21,24)(H,22,26)(H,23,25). The highest BCUT2D eigenvalue weighted by molar-refractivity contribution is 5.96. The van der Waals surface area contributed by atoms with Crippen molar-refractivity contribution in [1.82, 2.24) is 10.6 Å². The second-order valence-corrected chi connectivity index (χ2v) is 5.58. The van der Waals surface area contributed by atoms with Gasteiger partial charge in [-0.05, 0) is 36.4 Å². The Morgan fingerprint density at radius 2 is 1.63 bits per heavy atom. The molecular weight excluding hydrogens is 353 g/mol. The van der Waals surface area contributed by atoms with Crippen LogP contribution in [0.1, 0.15) is 17.3 Å². The number of hydrogen-bond acceptors (Lipinski definition) is 4. The van der Waals surface area contributed by atoms with E-state index in [2.05, 4.69) is 16.0 Å². The molecule has 7 nitrogen and oxygen atoms in total. The number of hydrogen-bond donors (Lipinski definition) is 3. The lowest BCUT2D eigenvalue weighted by atomic mass is 10.2. The molecule has 0 heterocycles. The number of nitrogens with one attached hydrogen (secondary N) is 3. The molecule has 2 aromatic rings. The Labute approximate surface area is 155 Å². The first-order valence-electron chi connectivity index (χ1n) is 8.25. The molecule has 0 saturated carbocycles. The summed E-state index contributed by atoms with van der Waals surface area (Å²) in [6.45, 7) is 1.71. The minimum Gasteiger partial charge on any atom is -0.481 e. The maximum atomic E-state index is 13.4. The summed E-state index contributed by atoms with van der Waals surface area (Å²) in [7, 11) is 0. The van der Waals surface area contributed by atoms with Crippen molar-refractivity contribution >= 4 is 23.4 Å². The van der Waals surface area contributed by atoms with Gasteiger partial charge in [-0.3, -0.25) is 14.4 Å². The van der Waals surface area contributed by atoms with Crippen LogP contribution in [0.25, 0.3) is 0 Å². The molecule has 0 aliphatic carbocycles. The second kappa shape index (κ2) is 9.91. The van der Waals surface area contributed by atoms with Gasteiger partial charge in [0.25, 0.3) is 11.8 Å². The summed E-state index contributed by atoms with van der Waals surface area (Å²) in [5.41, 5.74) is 0.894. The van der Waals surface area contributed by atoms with Gasteiger partial charge >= 0.3 is 0 Å². The zero-order valence-electron chi connectivity index (χ0n) is 14.8. The maximum Gasteiger partial charge on any atom is 0.262 e. The van der Waals surface area contributed by atoms with Gasteiger partial charge in [0.1, 0.15) is 0 Å². The van der Waals surface area contributed by atoms with Crippen LogP contribution < -0.4 is 20.7 Å². The van der Waals surface area contributed by atoms with Gasteiger partial charge in [-0.25, -0.2) is 4.39 Å². The van der Waals surface area contributed by atoms with Crippen LogP contribution in [-0.2, 0) is 9.59 Å². The van der Waals surface area contributed by atoms with Crippen LogP contribution in [0, 0.1) is 5.82 Å². The van der Waals surface area contributed by atoms with Crippen molar-refractivity contribution in [3.63, 3.8) is 0 Å². The Balaban J connectivity index is 1.79. The first kappa shape index (κ1) is 19.9. The smallest absolute Gasteiger partial charge is 0.262 e. The second-order valence-electron chi connectivity index (χ2n) is 5.58. The lowest BCUT2D eigenvalue weighted by molar-refractivity contribution is -0.119. The molecule has 0 saturated heterocycles. The Kier molecular flexibility index (Phi) is 7.30. The lowest BCUT2D eigenvalue weighted by Gasteiger charge is -2.09. The van der Waals surface area contributed by atoms with Crippen molar-refractivity contribution in [2.75, 3.05) is 25.0 Å². The molecule has 0 aliphatic rings. The van der Waals surface area contributed by atoms with Crippen LogP contribution in [0.3, 0.4) is 0 Å². The summed E-state index contributed by atoms with van der Waals surface area (Å²) in [5.74, 6) is -1.45. The largest absolute Gasteiger partial charge is 0.481 e. The molecule has 2 rings (SSSR count). The van der Waals surface area contributed by atoms with Crippen LogP contribution >= 0.6 is 0 Å². The number of anilines is 1. The maximum absolute atomic E-state index is 13.4. The predicted molar refractivity (Wildman–Crippen MR) is 98.0 cm³/mol. The highest BCUT2D eigenvalue weighted by atomic mass is 19.1. The van der Waals surface area contributed by atoms with Gasteiger partial charge < -0.3 is 20.7 Å². The average molecular weight is 373 g/mol. The van der Waals surface area contributed by atoms with E-state index < -0.39 is 11.7 Å². The van der Waals surface area contributed by atoms with Crippen molar-refractivity contribution in [2.24, 2.45) is 0 Å². The van der Waals surface area contributed by atoms with E-state index in [1.54, 1.807) is 30.3 Å². The molecule has 0 fully saturated rings. The van der Waals surface area contributed by atoms with Gasteiger partial charge in [-0.15, -0.1) is 0 Å². The summed E-state index contributed by atoms with van der Waals surface area (Å²) in [6.07, 6.45) is 0. The fraction of sp³-hybridized carbons (Fsp3) is 0.211. The zero-order valence-corrected chi connectivity index (χ0v) is 14.8. The number of para-hydroxylation sites is 1. The monoisotopic (exact) mass is 373 g/mol. The van der Waals surface area contributed by atoms with Crippen LogP contribution in [0.15, 0.2) is 48.5 Å². The van der Waals surface area contributed by atoms with Crippen molar-refractivity contribution < 1.29 is 23.5 Å². The summed E-state index contributed by atoms with van der Waals surface area (Å²) >= 11 is 0. The molecule has 3 amide bonds. The number of benzene rings is 2. The Morgan fingerprint density at radius 3 is 2.30 bits per heavy atom. The summed E-state index contributed by atoms with van der Waals surface area (Å²) < 4.78 is 18.5. The molecule has 3 N–H and O–H groups in total. The van der Waals surface area contributed by atoms with E-state index in [0.717, 1.165) is 0 Å². The van der Waals surface area contributed by atoms with Gasteiger partial charge in [0, 0.05) is 31.3 Å². The molecule has 0 radical (unpaired) electrons. The van der Waals surface area contributed by atoms with Gasteiger partial charge in [-0.2, -0.15) is 0 Å². The SMILES string of the molecule is CC(=O)NCCNC(=O)c1ccc(NC(=O)COc2ccccc2F)cc1. The number of carbonyl (C=O) groups is 3. The van der Waals surface area contributed by atoms with Gasteiger partial charge in [0.15, 0.2) is 18.2 Å². The average Bonchev–Trinajstić information content (AvgIpc) is 2.65. The molecule has 8 heteroatoms. The van der Waals surface area contributed by atoms with Crippen molar-refractivity contribution in [1.29, 1.82) is 0 Å². The normalized spacial score (nSPS) is 10.0. The Hall–Kier alpha value is -3.42. The molecule has 142 valence electrons.